The van der Waals surface area contributed by atoms with Crippen LogP contribution in [0.5, 0.6) is 5.75 Å². The van der Waals surface area contributed by atoms with Gasteiger partial charge in [0.2, 0.25) is 5.91 Å². The Morgan fingerprint density at radius 2 is 1.71 bits per heavy atom. The molecule has 2 aromatic rings. The van der Waals surface area contributed by atoms with Crippen molar-refractivity contribution in [1.29, 1.82) is 0 Å². The van der Waals surface area contributed by atoms with Crippen molar-refractivity contribution in [2.75, 3.05) is 29.9 Å². The van der Waals surface area contributed by atoms with E-state index in [1.807, 2.05) is 11.8 Å². The van der Waals surface area contributed by atoms with E-state index in [1.54, 1.807) is 0 Å². The van der Waals surface area contributed by atoms with Gasteiger partial charge in [0.05, 0.1) is 17.4 Å². The summed E-state index contributed by atoms with van der Waals surface area (Å²) in [7, 11) is 0. The minimum Gasteiger partial charge on any atom is -0.487 e. The van der Waals surface area contributed by atoms with Crippen LogP contribution in [0.15, 0.2) is 18.2 Å². The van der Waals surface area contributed by atoms with E-state index in [1.165, 1.54) is 12.1 Å². The number of anilines is 2. The molecular weight excluding hydrogens is 565 g/mol. The molecular formula is C28H34F5N5O4. The number of fused-ring (bicyclic) bond motifs is 1. The molecule has 14 heteroatoms. The summed E-state index contributed by atoms with van der Waals surface area (Å²) in [6.07, 6.45) is -1.21. The standard InChI is InChI=1S/C26H33F2N5O2.C2HF3O2/c1-15(2)29-24-25(31-23-16(3)33(13-10-21(23)30-24)26(34)17-4-5-17)32-11-8-19(9-12-32)35-22-7-6-18(27)14-20(22)28;3-2(4,5)1(6)7/h6-7,14-17,19H,4-5,8-13H2,1-3H3,(H,29,30);(H,6,7). The van der Waals surface area contributed by atoms with Crippen molar-refractivity contribution < 1.29 is 41.4 Å². The Kier molecular flexibility index (Phi) is 9.41. The van der Waals surface area contributed by atoms with Gasteiger partial charge in [-0.05, 0) is 45.7 Å². The zero-order chi connectivity index (χ0) is 30.8. The Balaban J connectivity index is 0.000000517. The summed E-state index contributed by atoms with van der Waals surface area (Å²) >= 11 is 0. The number of halogens is 5. The van der Waals surface area contributed by atoms with Gasteiger partial charge in [-0.1, -0.05) is 0 Å². The number of hydrogen-bond acceptors (Lipinski definition) is 7. The number of ether oxygens (including phenoxy) is 1. The Morgan fingerprint density at radius 3 is 2.26 bits per heavy atom. The van der Waals surface area contributed by atoms with E-state index in [-0.39, 0.29) is 35.8 Å². The highest BCUT2D eigenvalue weighted by atomic mass is 19.4. The number of benzene rings is 1. The van der Waals surface area contributed by atoms with Crippen molar-refractivity contribution in [1.82, 2.24) is 14.9 Å². The molecule has 1 saturated carbocycles. The van der Waals surface area contributed by atoms with E-state index >= 15 is 0 Å². The maximum atomic E-state index is 14.0. The van der Waals surface area contributed by atoms with Gasteiger partial charge in [0.1, 0.15) is 11.9 Å². The molecule has 1 aromatic carbocycles. The van der Waals surface area contributed by atoms with Gasteiger partial charge in [0.15, 0.2) is 23.2 Å². The Bertz CT molecular complexity index is 1300. The first-order chi connectivity index (χ1) is 19.7. The molecule has 0 bridgehead atoms. The van der Waals surface area contributed by atoms with Crippen LogP contribution in [0, 0.1) is 17.6 Å². The fourth-order valence-corrected chi connectivity index (χ4v) is 4.95. The van der Waals surface area contributed by atoms with E-state index in [0.717, 1.165) is 41.9 Å². The number of nitrogens with zero attached hydrogens (tertiary/aromatic N) is 4. The molecule has 2 N–H and O–H groups in total. The SMILES string of the molecule is CC(C)Nc1nc2c(nc1N1CCC(Oc3ccc(F)cc3F)CC1)C(C)N(C(=O)C1CC1)CC2.O=C(O)C(F)(F)F. The molecule has 9 nitrogen and oxygen atoms in total. The molecule has 5 rings (SSSR count). The number of amides is 1. The van der Waals surface area contributed by atoms with E-state index in [4.69, 9.17) is 24.6 Å². The monoisotopic (exact) mass is 599 g/mol. The van der Waals surface area contributed by atoms with Gasteiger partial charge in [0.25, 0.3) is 0 Å². The highest BCUT2D eigenvalue weighted by Gasteiger charge is 2.39. The zero-order valence-corrected chi connectivity index (χ0v) is 23.5. The molecule has 2 fully saturated rings. The molecule has 1 saturated heterocycles. The maximum Gasteiger partial charge on any atom is 0.490 e. The Morgan fingerprint density at radius 1 is 1.07 bits per heavy atom. The number of carboxylic acids is 1. The molecule has 3 aliphatic rings. The molecule has 1 atom stereocenters. The third-order valence-corrected chi connectivity index (χ3v) is 7.24. The molecule has 1 unspecified atom stereocenters. The molecule has 3 heterocycles. The van der Waals surface area contributed by atoms with Gasteiger partial charge in [-0.25, -0.2) is 23.5 Å². The summed E-state index contributed by atoms with van der Waals surface area (Å²) in [5.41, 5.74) is 1.83. The molecule has 0 radical (unpaired) electrons. The normalized spacial score (nSPS) is 19.1. The van der Waals surface area contributed by atoms with Crippen LogP contribution in [0.1, 0.15) is 63.9 Å². The van der Waals surface area contributed by atoms with Gasteiger partial charge in [-0.3, -0.25) is 4.79 Å². The summed E-state index contributed by atoms with van der Waals surface area (Å²) in [4.78, 5) is 35.9. The number of carboxylic acid groups (broad SMARTS) is 1. The van der Waals surface area contributed by atoms with Crippen molar-refractivity contribution in [2.24, 2.45) is 5.92 Å². The highest BCUT2D eigenvalue weighted by Crippen LogP contribution is 2.38. The van der Waals surface area contributed by atoms with Crippen LogP contribution in [0.3, 0.4) is 0 Å². The molecule has 1 aromatic heterocycles. The third-order valence-electron chi connectivity index (χ3n) is 7.24. The second-order valence-corrected chi connectivity index (χ2v) is 10.9. The van der Waals surface area contributed by atoms with Crippen molar-refractivity contribution in [3.05, 3.63) is 41.2 Å². The lowest BCUT2D eigenvalue weighted by molar-refractivity contribution is -0.192. The maximum absolute atomic E-state index is 14.0. The summed E-state index contributed by atoms with van der Waals surface area (Å²) in [5, 5.41) is 10.6. The number of aromatic nitrogens is 2. The second kappa shape index (κ2) is 12.7. The lowest BCUT2D eigenvalue weighted by Crippen LogP contribution is -2.42. The first-order valence-corrected chi connectivity index (χ1v) is 13.9. The Hall–Kier alpha value is -3.71. The van der Waals surface area contributed by atoms with Crippen molar-refractivity contribution in [3.8, 4) is 5.75 Å². The quantitative estimate of drug-likeness (QED) is 0.441. The summed E-state index contributed by atoms with van der Waals surface area (Å²) in [6.45, 7) is 8.21. The van der Waals surface area contributed by atoms with Gasteiger partial charge >= 0.3 is 12.1 Å². The largest absolute Gasteiger partial charge is 0.490 e. The predicted octanol–water partition coefficient (Wildman–Crippen LogP) is 5.11. The van der Waals surface area contributed by atoms with Crippen LogP contribution in [0.4, 0.5) is 33.6 Å². The topological polar surface area (TPSA) is 108 Å². The fraction of sp³-hybridized carbons (Fsp3) is 0.571. The van der Waals surface area contributed by atoms with Crippen molar-refractivity contribution in [2.45, 2.75) is 77.2 Å². The number of carbonyl (C=O) groups excluding carboxylic acids is 1. The minimum atomic E-state index is -5.08. The van der Waals surface area contributed by atoms with Gasteiger partial charge in [0, 0.05) is 56.9 Å². The molecule has 230 valence electrons. The summed E-state index contributed by atoms with van der Waals surface area (Å²) < 4.78 is 64.8. The van der Waals surface area contributed by atoms with Gasteiger partial charge < -0.3 is 25.0 Å². The molecule has 0 spiro atoms. The molecule has 42 heavy (non-hydrogen) atoms. The number of alkyl halides is 3. The Labute approximate surface area is 240 Å². The van der Waals surface area contributed by atoms with Crippen LogP contribution < -0.4 is 15.0 Å². The minimum absolute atomic E-state index is 0.0785. The van der Waals surface area contributed by atoms with E-state index in [2.05, 4.69) is 24.1 Å². The van der Waals surface area contributed by atoms with Crippen LogP contribution in [0.2, 0.25) is 0 Å². The van der Waals surface area contributed by atoms with Gasteiger partial charge in [-0.15, -0.1) is 0 Å². The second-order valence-electron chi connectivity index (χ2n) is 10.9. The average Bonchev–Trinajstić information content (AvgIpc) is 3.76. The highest BCUT2D eigenvalue weighted by molar-refractivity contribution is 5.81. The summed E-state index contributed by atoms with van der Waals surface area (Å²) in [6, 6.07) is 3.48. The van der Waals surface area contributed by atoms with E-state index in [9.17, 15) is 26.7 Å². The van der Waals surface area contributed by atoms with Crippen molar-refractivity contribution in [3.63, 3.8) is 0 Å². The van der Waals surface area contributed by atoms with E-state index in [0.29, 0.717) is 38.9 Å². The smallest absolute Gasteiger partial charge is 0.487 e. The number of rotatable bonds is 6. The first-order valence-electron chi connectivity index (χ1n) is 13.9. The first kappa shape index (κ1) is 31.2. The predicted molar refractivity (Wildman–Crippen MR) is 143 cm³/mol. The summed E-state index contributed by atoms with van der Waals surface area (Å²) in [5.74, 6) is -2.01. The number of aliphatic carboxylic acids is 1. The van der Waals surface area contributed by atoms with Crippen LogP contribution >= 0.6 is 0 Å². The lowest BCUT2D eigenvalue weighted by atomic mass is 10.0. The molecule has 2 aliphatic heterocycles. The molecule has 1 aliphatic carbocycles. The fourth-order valence-electron chi connectivity index (χ4n) is 4.95. The number of carbonyl (C=O) groups is 2. The number of nitrogens with one attached hydrogen (secondary N) is 1. The number of piperidine rings is 1. The van der Waals surface area contributed by atoms with Crippen molar-refractivity contribution >= 4 is 23.5 Å². The average molecular weight is 600 g/mol. The van der Waals surface area contributed by atoms with Crippen LogP contribution in [-0.2, 0) is 16.0 Å². The number of hydrogen-bond donors (Lipinski definition) is 2. The molecule has 1 amide bonds. The lowest BCUT2D eigenvalue weighted by Gasteiger charge is -2.37. The third kappa shape index (κ3) is 7.57. The zero-order valence-electron chi connectivity index (χ0n) is 23.5. The van der Waals surface area contributed by atoms with Gasteiger partial charge in [-0.2, -0.15) is 13.2 Å². The van der Waals surface area contributed by atoms with Crippen LogP contribution in [0.25, 0.3) is 0 Å². The van der Waals surface area contributed by atoms with E-state index < -0.39 is 23.8 Å². The van der Waals surface area contributed by atoms with Crippen LogP contribution in [-0.4, -0.2) is 69.8 Å².